The number of halogens is 1. The highest BCUT2D eigenvalue weighted by molar-refractivity contribution is 6.31. The molecule has 1 aliphatic rings. The molecular formula is C23H29ClN4O3. The van der Waals surface area contributed by atoms with E-state index >= 15 is 0 Å². The Balaban J connectivity index is 1.63. The maximum Gasteiger partial charge on any atom is 0.254 e. The number of aromatic nitrogens is 1. The van der Waals surface area contributed by atoms with E-state index in [1.54, 1.807) is 30.6 Å². The first-order valence-corrected chi connectivity index (χ1v) is 11.1. The highest BCUT2D eigenvalue weighted by Gasteiger charge is 2.27. The lowest BCUT2D eigenvalue weighted by Crippen LogP contribution is -2.39. The number of primary amides is 1. The molecule has 1 heterocycles. The number of hydrogen-bond acceptors (Lipinski definition) is 5. The first kappa shape index (κ1) is 22.9. The van der Waals surface area contributed by atoms with Crippen molar-refractivity contribution >= 4 is 29.1 Å². The Morgan fingerprint density at radius 3 is 2.65 bits per heavy atom. The summed E-state index contributed by atoms with van der Waals surface area (Å²) in [6.45, 7) is 1.52. The number of rotatable bonds is 11. The minimum atomic E-state index is -0.349. The lowest BCUT2D eigenvalue weighted by atomic mass is 10.1. The highest BCUT2D eigenvalue weighted by atomic mass is 35.5. The van der Waals surface area contributed by atoms with Crippen LogP contribution in [0.3, 0.4) is 0 Å². The van der Waals surface area contributed by atoms with Crippen LogP contribution in [0.25, 0.3) is 0 Å². The molecule has 0 saturated heterocycles. The molecule has 7 nitrogen and oxygen atoms in total. The molecule has 0 radical (unpaired) electrons. The molecule has 1 saturated carbocycles. The van der Waals surface area contributed by atoms with Gasteiger partial charge in [0.25, 0.3) is 5.91 Å². The summed E-state index contributed by atoms with van der Waals surface area (Å²) >= 11 is 6.28. The van der Waals surface area contributed by atoms with E-state index in [1.807, 2.05) is 17.0 Å². The zero-order chi connectivity index (χ0) is 22.1. The number of nitrogens with one attached hydrogen (secondary N) is 1. The predicted octanol–water partition coefficient (Wildman–Crippen LogP) is 3.88. The van der Waals surface area contributed by atoms with E-state index in [0.717, 1.165) is 31.4 Å². The fraction of sp³-hybridized carbons (Fsp3) is 0.435. The minimum absolute atomic E-state index is 0.0846. The fourth-order valence-corrected chi connectivity index (χ4v) is 4.08. The van der Waals surface area contributed by atoms with Crippen molar-refractivity contribution in [1.82, 2.24) is 9.88 Å². The minimum Gasteiger partial charge on any atom is -0.492 e. The van der Waals surface area contributed by atoms with Crippen molar-refractivity contribution in [3.8, 4) is 5.75 Å². The van der Waals surface area contributed by atoms with E-state index in [0.29, 0.717) is 42.5 Å². The van der Waals surface area contributed by atoms with Crippen molar-refractivity contribution in [1.29, 1.82) is 0 Å². The Morgan fingerprint density at radius 2 is 1.94 bits per heavy atom. The van der Waals surface area contributed by atoms with Crippen LogP contribution in [0, 0.1) is 0 Å². The number of carbonyl (C=O) groups is 2. The van der Waals surface area contributed by atoms with Gasteiger partial charge in [-0.25, -0.2) is 0 Å². The number of ether oxygens (including phenoxy) is 1. The van der Waals surface area contributed by atoms with Crippen molar-refractivity contribution < 1.29 is 14.3 Å². The number of anilines is 1. The predicted molar refractivity (Wildman–Crippen MR) is 121 cm³/mol. The third-order valence-electron chi connectivity index (χ3n) is 5.35. The molecule has 1 aromatic heterocycles. The molecular weight excluding hydrogens is 416 g/mol. The van der Waals surface area contributed by atoms with Gasteiger partial charge in [0.05, 0.1) is 0 Å². The van der Waals surface area contributed by atoms with Crippen LogP contribution in [0.2, 0.25) is 5.02 Å². The standard InChI is InChI=1S/C23H29ClN4O3/c24-18-14-17(15-21(16-18)31-13-11-27-19-7-9-26-10-8-19)23(30)28(12-3-6-22(25)29)20-4-1-2-5-20/h7-10,14-16,20H,1-6,11-13H2,(H2,25,29)(H,26,27). The SMILES string of the molecule is NC(=O)CCCN(C(=O)c1cc(Cl)cc(OCCNc2ccncc2)c1)C1CCCC1. The molecule has 0 spiro atoms. The van der Waals surface area contributed by atoms with E-state index < -0.39 is 0 Å². The maximum absolute atomic E-state index is 13.3. The highest BCUT2D eigenvalue weighted by Crippen LogP contribution is 2.28. The van der Waals surface area contributed by atoms with Crippen LogP contribution in [0.4, 0.5) is 5.69 Å². The summed E-state index contributed by atoms with van der Waals surface area (Å²) in [5.41, 5.74) is 6.73. The van der Waals surface area contributed by atoms with Crippen LogP contribution in [0.1, 0.15) is 48.9 Å². The van der Waals surface area contributed by atoms with Crippen LogP contribution in [0.5, 0.6) is 5.75 Å². The summed E-state index contributed by atoms with van der Waals surface area (Å²) < 4.78 is 5.82. The molecule has 166 valence electrons. The van der Waals surface area contributed by atoms with Crippen molar-refractivity contribution in [3.05, 3.63) is 53.3 Å². The summed E-state index contributed by atoms with van der Waals surface area (Å²) in [7, 11) is 0. The van der Waals surface area contributed by atoms with Gasteiger partial charge in [-0.05, 0) is 49.6 Å². The summed E-state index contributed by atoms with van der Waals surface area (Å²) in [6.07, 6.45) is 8.44. The zero-order valence-corrected chi connectivity index (χ0v) is 18.3. The van der Waals surface area contributed by atoms with Gasteiger partial charge < -0.3 is 20.7 Å². The monoisotopic (exact) mass is 444 g/mol. The van der Waals surface area contributed by atoms with Crippen molar-refractivity contribution in [2.45, 2.75) is 44.6 Å². The van der Waals surface area contributed by atoms with Gasteiger partial charge in [0, 0.05) is 54.2 Å². The van der Waals surface area contributed by atoms with Crippen LogP contribution >= 0.6 is 11.6 Å². The van der Waals surface area contributed by atoms with E-state index in [9.17, 15) is 9.59 Å². The average Bonchev–Trinajstić information content (AvgIpc) is 3.28. The second kappa shape index (κ2) is 11.6. The quantitative estimate of drug-likeness (QED) is 0.512. The molecule has 31 heavy (non-hydrogen) atoms. The summed E-state index contributed by atoms with van der Waals surface area (Å²) in [6, 6.07) is 9.06. The molecule has 2 aromatic rings. The second-order valence-electron chi connectivity index (χ2n) is 7.69. The molecule has 1 aliphatic carbocycles. The molecule has 3 N–H and O–H groups in total. The molecule has 1 aromatic carbocycles. The largest absolute Gasteiger partial charge is 0.492 e. The molecule has 0 unspecified atom stereocenters. The number of carbonyl (C=O) groups excluding carboxylic acids is 2. The molecule has 0 bridgehead atoms. The van der Waals surface area contributed by atoms with E-state index in [2.05, 4.69) is 10.3 Å². The van der Waals surface area contributed by atoms with Gasteiger partial charge in [-0.15, -0.1) is 0 Å². The van der Waals surface area contributed by atoms with Gasteiger partial charge in [0.15, 0.2) is 0 Å². The van der Waals surface area contributed by atoms with Crippen LogP contribution < -0.4 is 15.8 Å². The van der Waals surface area contributed by atoms with Gasteiger partial charge in [-0.3, -0.25) is 14.6 Å². The van der Waals surface area contributed by atoms with Crippen LogP contribution in [-0.4, -0.2) is 47.4 Å². The summed E-state index contributed by atoms with van der Waals surface area (Å²) in [4.78, 5) is 30.3. The van der Waals surface area contributed by atoms with Crippen molar-refractivity contribution in [2.75, 3.05) is 25.0 Å². The summed E-state index contributed by atoms with van der Waals surface area (Å²) in [5, 5.41) is 3.69. The Labute approximate surface area is 187 Å². The summed E-state index contributed by atoms with van der Waals surface area (Å²) in [5.74, 6) is 0.118. The van der Waals surface area contributed by atoms with Crippen molar-refractivity contribution in [2.24, 2.45) is 5.73 Å². The van der Waals surface area contributed by atoms with Crippen LogP contribution in [0.15, 0.2) is 42.7 Å². The molecule has 1 fully saturated rings. The Morgan fingerprint density at radius 1 is 1.19 bits per heavy atom. The Kier molecular flexibility index (Phi) is 8.53. The number of hydrogen-bond donors (Lipinski definition) is 2. The van der Waals surface area contributed by atoms with Gasteiger partial charge in [-0.2, -0.15) is 0 Å². The Hall–Kier alpha value is -2.80. The van der Waals surface area contributed by atoms with Crippen molar-refractivity contribution in [3.63, 3.8) is 0 Å². The lowest BCUT2D eigenvalue weighted by molar-refractivity contribution is -0.118. The molecule has 3 rings (SSSR count). The number of amides is 2. The average molecular weight is 445 g/mol. The van der Waals surface area contributed by atoms with Gasteiger partial charge in [0.2, 0.25) is 5.91 Å². The van der Waals surface area contributed by atoms with E-state index in [1.165, 1.54) is 0 Å². The van der Waals surface area contributed by atoms with Gasteiger partial charge >= 0.3 is 0 Å². The number of benzene rings is 1. The lowest BCUT2D eigenvalue weighted by Gasteiger charge is -2.29. The van der Waals surface area contributed by atoms with E-state index in [-0.39, 0.29) is 24.3 Å². The first-order valence-electron chi connectivity index (χ1n) is 10.7. The molecule has 8 heteroatoms. The smallest absolute Gasteiger partial charge is 0.254 e. The molecule has 2 amide bonds. The third-order valence-corrected chi connectivity index (χ3v) is 5.57. The van der Waals surface area contributed by atoms with E-state index in [4.69, 9.17) is 22.1 Å². The fourth-order valence-electron chi connectivity index (χ4n) is 3.86. The Bertz CT molecular complexity index is 872. The number of nitrogens with zero attached hydrogens (tertiary/aromatic N) is 2. The number of pyridine rings is 1. The van der Waals surface area contributed by atoms with Crippen LogP contribution in [-0.2, 0) is 4.79 Å². The molecule has 0 aliphatic heterocycles. The second-order valence-corrected chi connectivity index (χ2v) is 8.13. The number of nitrogens with two attached hydrogens (primary N) is 1. The van der Waals surface area contributed by atoms with Gasteiger partial charge in [0.1, 0.15) is 12.4 Å². The zero-order valence-electron chi connectivity index (χ0n) is 17.6. The normalized spacial score (nSPS) is 13.7. The van der Waals surface area contributed by atoms with Gasteiger partial charge in [-0.1, -0.05) is 24.4 Å². The third kappa shape index (κ3) is 7.14. The molecule has 0 atom stereocenters. The maximum atomic E-state index is 13.3. The first-order chi connectivity index (χ1) is 15.0. The topological polar surface area (TPSA) is 97.6 Å².